The van der Waals surface area contributed by atoms with Crippen LogP contribution in [0.1, 0.15) is 0 Å². The number of anilines is 1. The second-order valence-corrected chi connectivity index (χ2v) is 5.97. The summed E-state index contributed by atoms with van der Waals surface area (Å²) in [6.07, 6.45) is 3.56. The third-order valence-electron chi connectivity index (χ3n) is 2.58. The smallest absolute Gasteiger partial charge is 0.225 e. The van der Waals surface area contributed by atoms with Gasteiger partial charge in [-0.2, -0.15) is 0 Å². The van der Waals surface area contributed by atoms with E-state index in [0.29, 0.717) is 0 Å². The van der Waals surface area contributed by atoms with Crippen LogP contribution in [0, 0.1) is 3.57 Å². The molecule has 0 aliphatic carbocycles. The van der Waals surface area contributed by atoms with E-state index in [1.165, 1.54) is 0 Å². The lowest BCUT2D eigenvalue weighted by Crippen LogP contribution is -2.47. The normalized spacial score (nSPS) is 17.6. The third-order valence-corrected chi connectivity index (χ3v) is 3.77. The van der Waals surface area contributed by atoms with Crippen LogP contribution in [0.5, 0.6) is 0 Å². The molecule has 0 spiro atoms. The fourth-order valence-electron chi connectivity index (χ4n) is 1.72. The van der Waals surface area contributed by atoms with Gasteiger partial charge < -0.3 is 4.90 Å². The molecular weight excluding hydrogens is 355 g/mol. The van der Waals surface area contributed by atoms with Crippen molar-refractivity contribution in [1.29, 1.82) is 0 Å². The molecule has 1 aromatic heterocycles. The van der Waals surface area contributed by atoms with E-state index in [2.05, 4.69) is 37.5 Å². The maximum atomic E-state index is 10.6. The summed E-state index contributed by atoms with van der Waals surface area (Å²) in [5.74, 6) is 0.869. The van der Waals surface area contributed by atoms with E-state index >= 15 is 0 Å². The molecule has 94 valence electrons. The first-order valence-electron chi connectivity index (χ1n) is 5.22. The second-order valence-electron chi connectivity index (χ2n) is 3.78. The summed E-state index contributed by atoms with van der Waals surface area (Å²) >= 11 is 2.16. The highest BCUT2D eigenvalue weighted by Gasteiger charge is 2.18. The van der Waals surface area contributed by atoms with Crippen LogP contribution in [-0.4, -0.2) is 55.3 Å². The predicted molar refractivity (Wildman–Crippen MR) is 73.7 cm³/mol. The summed E-state index contributed by atoms with van der Waals surface area (Å²) in [6.45, 7) is 3.00. The number of piperazine rings is 1. The topological polar surface area (TPSA) is 66.4 Å². The summed E-state index contributed by atoms with van der Waals surface area (Å²) in [5, 5.41) is 0. The van der Waals surface area contributed by atoms with Crippen molar-refractivity contribution in [1.82, 2.24) is 14.9 Å². The Balaban J connectivity index is 1.92. The number of thiol groups is 1. The first-order valence-corrected chi connectivity index (χ1v) is 7.66. The molecule has 1 aliphatic heterocycles. The van der Waals surface area contributed by atoms with E-state index in [1.54, 1.807) is 12.4 Å². The van der Waals surface area contributed by atoms with Gasteiger partial charge in [0.25, 0.3) is 0 Å². The highest BCUT2D eigenvalue weighted by molar-refractivity contribution is 14.1. The van der Waals surface area contributed by atoms with E-state index < -0.39 is 10.7 Å². The fourth-order valence-corrected chi connectivity index (χ4v) is 2.61. The van der Waals surface area contributed by atoms with E-state index in [1.807, 2.05) is 4.90 Å². The van der Waals surface area contributed by atoms with Crippen molar-refractivity contribution < 1.29 is 8.42 Å². The molecule has 2 heterocycles. The molecule has 6 nitrogen and oxygen atoms in total. The fraction of sp³-hybridized carbons (Fsp3) is 0.556. The van der Waals surface area contributed by atoms with Crippen LogP contribution >= 0.6 is 22.6 Å². The molecule has 1 aromatic rings. The number of aromatic nitrogens is 2. The van der Waals surface area contributed by atoms with E-state index in [9.17, 15) is 8.42 Å². The summed E-state index contributed by atoms with van der Waals surface area (Å²) in [5.41, 5.74) is 0. The zero-order chi connectivity index (χ0) is 12.3. The van der Waals surface area contributed by atoms with Crippen molar-refractivity contribution >= 4 is 39.2 Å². The van der Waals surface area contributed by atoms with Gasteiger partial charge in [-0.05, 0) is 22.6 Å². The quantitative estimate of drug-likeness (QED) is 0.588. The molecule has 8 heteroatoms. The predicted octanol–water partition coefficient (Wildman–Crippen LogP) is -0.228. The lowest BCUT2D eigenvalue weighted by atomic mass is 10.3. The highest BCUT2D eigenvalue weighted by atomic mass is 127. The maximum absolute atomic E-state index is 10.6. The van der Waals surface area contributed by atoms with Crippen molar-refractivity contribution in [2.75, 3.05) is 37.0 Å². The minimum Gasteiger partial charge on any atom is -0.338 e. The lowest BCUT2D eigenvalue weighted by Gasteiger charge is -2.33. The monoisotopic (exact) mass is 368 g/mol. The molecule has 17 heavy (non-hydrogen) atoms. The molecule has 0 radical (unpaired) electrons. The second kappa shape index (κ2) is 5.91. The van der Waals surface area contributed by atoms with Crippen molar-refractivity contribution in [3.63, 3.8) is 0 Å². The lowest BCUT2D eigenvalue weighted by molar-refractivity contribution is 0.294. The Labute approximate surface area is 115 Å². The van der Waals surface area contributed by atoms with Crippen molar-refractivity contribution in [3.8, 4) is 0 Å². The van der Waals surface area contributed by atoms with Crippen LogP contribution in [0.2, 0.25) is 0 Å². The highest BCUT2D eigenvalue weighted by Crippen LogP contribution is 2.11. The average molecular weight is 368 g/mol. The Bertz CT molecular complexity index is 435. The molecular formula is C9H13IN4O2S. The Kier molecular flexibility index (Phi) is 4.51. The summed E-state index contributed by atoms with van der Waals surface area (Å²) in [4.78, 5) is 12.5. The van der Waals surface area contributed by atoms with Gasteiger partial charge in [-0.3, -0.25) is 4.90 Å². The first-order chi connectivity index (χ1) is 8.15. The van der Waals surface area contributed by atoms with Crippen molar-refractivity contribution in [3.05, 3.63) is 16.0 Å². The molecule has 0 atom stereocenters. The molecule has 0 bridgehead atoms. The molecule has 0 amide bonds. The van der Waals surface area contributed by atoms with Crippen LogP contribution < -0.4 is 4.90 Å². The van der Waals surface area contributed by atoms with Crippen LogP contribution in [0.25, 0.3) is 0 Å². The SMILES string of the molecule is O=[SH](=O)CN1CCN(c2ncc(I)cn2)CC1. The number of rotatable bonds is 3. The van der Waals surface area contributed by atoms with Gasteiger partial charge in [0.15, 0.2) is 10.7 Å². The van der Waals surface area contributed by atoms with Gasteiger partial charge in [-0.25, -0.2) is 18.4 Å². The zero-order valence-corrected chi connectivity index (χ0v) is 12.2. The number of hydrogen-bond acceptors (Lipinski definition) is 6. The van der Waals surface area contributed by atoms with Crippen LogP contribution in [0.3, 0.4) is 0 Å². The van der Waals surface area contributed by atoms with E-state index in [4.69, 9.17) is 0 Å². The van der Waals surface area contributed by atoms with Gasteiger partial charge in [-0.1, -0.05) is 0 Å². The van der Waals surface area contributed by atoms with Gasteiger partial charge >= 0.3 is 0 Å². The standard InChI is InChI=1S/C9H13IN4O2S/c10-8-5-11-9(12-6-8)14-3-1-13(2-4-14)7-17(15)16/h5-6,17H,1-4,7H2. The Morgan fingerprint density at radius 3 is 2.29 bits per heavy atom. The molecule has 1 saturated heterocycles. The van der Waals surface area contributed by atoms with E-state index in [0.717, 1.165) is 35.7 Å². The van der Waals surface area contributed by atoms with Crippen LogP contribution in [0.4, 0.5) is 5.95 Å². The largest absolute Gasteiger partial charge is 0.338 e. The molecule has 0 saturated carbocycles. The summed E-state index contributed by atoms with van der Waals surface area (Å²) < 4.78 is 22.2. The molecule has 0 unspecified atom stereocenters. The van der Waals surface area contributed by atoms with Gasteiger partial charge in [0.2, 0.25) is 5.95 Å². The number of hydrogen-bond donors (Lipinski definition) is 1. The summed E-state index contributed by atoms with van der Waals surface area (Å²) in [7, 11) is -2.32. The number of nitrogens with zero attached hydrogens (tertiary/aromatic N) is 4. The van der Waals surface area contributed by atoms with Gasteiger partial charge in [0.05, 0.1) is 5.88 Å². The van der Waals surface area contributed by atoms with Crippen LogP contribution in [-0.2, 0) is 10.7 Å². The maximum Gasteiger partial charge on any atom is 0.225 e. The van der Waals surface area contributed by atoms with Crippen LogP contribution in [0.15, 0.2) is 12.4 Å². The minimum atomic E-state index is -2.32. The Hall–Kier alpha value is -0.480. The summed E-state index contributed by atoms with van der Waals surface area (Å²) in [6, 6.07) is 0. The van der Waals surface area contributed by atoms with E-state index in [-0.39, 0.29) is 5.88 Å². The molecule has 1 fully saturated rings. The molecule has 0 aromatic carbocycles. The first kappa shape index (κ1) is 13.0. The van der Waals surface area contributed by atoms with Crippen molar-refractivity contribution in [2.45, 2.75) is 0 Å². The molecule has 0 N–H and O–H groups in total. The molecule has 2 rings (SSSR count). The number of halogens is 1. The van der Waals surface area contributed by atoms with Gasteiger partial charge in [0.1, 0.15) is 0 Å². The minimum absolute atomic E-state index is 0.150. The average Bonchev–Trinajstić information content (AvgIpc) is 2.30. The van der Waals surface area contributed by atoms with Gasteiger partial charge in [-0.15, -0.1) is 0 Å². The molecule has 1 aliphatic rings. The van der Waals surface area contributed by atoms with Gasteiger partial charge in [0, 0.05) is 42.1 Å². The third kappa shape index (κ3) is 3.75. The Morgan fingerprint density at radius 1 is 1.18 bits per heavy atom. The van der Waals surface area contributed by atoms with Crippen molar-refractivity contribution in [2.24, 2.45) is 0 Å². The Morgan fingerprint density at radius 2 is 1.76 bits per heavy atom. The zero-order valence-electron chi connectivity index (χ0n) is 9.12.